The quantitative estimate of drug-likeness (QED) is 0.619. The van der Waals surface area contributed by atoms with Gasteiger partial charge in [0, 0.05) is 29.3 Å². The van der Waals surface area contributed by atoms with Crippen LogP contribution < -0.4 is 11.1 Å². The fourth-order valence-electron chi connectivity index (χ4n) is 2.05. The Labute approximate surface area is 104 Å². The molecule has 0 aliphatic heterocycles. The third kappa shape index (κ3) is 2.48. The normalized spacial score (nSPS) is 22.1. The summed E-state index contributed by atoms with van der Waals surface area (Å²) >= 11 is 0. The van der Waals surface area contributed by atoms with Crippen molar-refractivity contribution < 1.29 is 9.72 Å². The van der Waals surface area contributed by atoms with Crippen LogP contribution in [0.1, 0.15) is 28.8 Å². The van der Waals surface area contributed by atoms with Crippen molar-refractivity contribution in [1.82, 2.24) is 5.32 Å². The lowest BCUT2D eigenvalue weighted by molar-refractivity contribution is -0.385. The Bertz CT molecular complexity index is 495. The SMILES string of the molecule is Cc1cc(C(=O)NC2CC(N)C2)ccc1[N+](=O)[O-]. The van der Waals surface area contributed by atoms with Crippen LogP contribution in [-0.2, 0) is 0 Å². The maximum Gasteiger partial charge on any atom is 0.272 e. The van der Waals surface area contributed by atoms with Gasteiger partial charge in [0.05, 0.1) is 4.92 Å². The van der Waals surface area contributed by atoms with Gasteiger partial charge < -0.3 is 11.1 Å². The average Bonchev–Trinajstić information content (AvgIpc) is 2.26. The van der Waals surface area contributed by atoms with Gasteiger partial charge in [-0.15, -0.1) is 0 Å². The minimum atomic E-state index is -0.456. The molecular formula is C12H15N3O3. The third-order valence-electron chi connectivity index (χ3n) is 3.17. The second-order valence-corrected chi connectivity index (χ2v) is 4.66. The van der Waals surface area contributed by atoms with Gasteiger partial charge in [-0.3, -0.25) is 14.9 Å². The minimum absolute atomic E-state index is 0.0252. The summed E-state index contributed by atoms with van der Waals surface area (Å²) in [6.45, 7) is 1.62. The van der Waals surface area contributed by atoms with Gasteiger partial charge in [0.1, 0.15) is 0 Å². The number of nitrogens with two attached hydrogens (primary N) is 1. The summed E-state index contributed by atoms with van der Waals surface area (Å²) in [5.41, 5.74) is 6.59. The molecule has 0 heterocycles. The van der Waals surface area contributed by atoms with Crippen LogP contribution in [-0.4, -0.2) is 22.9 Å². The van der Waals surface area contributed by atoms with Gasteiger partial charge in [0.25, 0.3) is 11.6 Å². The van der Waals surface area contributed by atoms with Crippen molar-refractivity contribution in [2.24, 2.45) is 5.73 Å². The molecular weight excluding hydrogens is 234 g/mol. The number of nitro groups is 1. The lowest BCUT2D eigenvalue weighted by atomic mass is 9.87. The Morgan fingerprint density at radius 1 is 1.50 bits per heavy atom. The summed E-state index contributed by atoms with van der Waals surface area (Å²) < 4.78 is 0. The number of nitrogens with one attached hydrogen (secondary N) is 1. The molecule has 0 bridgehead atoms. The molecule has 18 heavy (non-hydrogen) atoms. The Morgan fingerprint density at radius 3 is 2.67 bits per heavy atom. The molecule has 0 spiro atoms. The van der Waals surface area contributed by atoms with E-state index in [1.54, 1.807) is 6.92 Å². The first-order valence-electron chi connectivity index (χ1n) is 5.79. The zero-order chi connectivity index (χ0) is 13.3. The molecule has 0 radical (unpaired) electrons. The van der Waals surface area contributed by atoms with E-state index in [-0.39, 0.29) is 23.7 Å². The Hall–Kier alpha value is -1.95. The van der Waals surface area contributed by atoms with Crippen molar-refractivity contribution in [1.29, 1.82) is 0 Å². The van der Waals surface area contributed by atoms with E-state index < -0.39 is 4.92 Å². The minimum Gasteiger partial charge on any atom is -0.349 e. The van der Waals surface area contributed by atoms with Crippen molar-refractivity contribution in [2.75, 3.05) is 0 Å². The van der Waals surface area contributed by atoms with Gasteiger partial charge in [-0.2, -0.15) is 0 Å². The van der Waals surface area contributed by atoms with Crippen LogP contribution in [0.4, 0.5) is 5.69 Å². The molecule has 1 fully saturated rings. The van der Waals surface area contributed by atoms with Gasteiger partial charge in [-0.05, 0) is 31.9 Å². The number of hydrogen-bond donors (Lipinski definition) is 2. The maximum atomic E-state index is 11.9. The predicted octanol–water partition coefficient (Wildman–Crippen LogP) is 1.12. The molecule has 1 aromatic carbocycles. The number of carbonyl (C=O) groups is 1. The standard InChI is InChI=1S/C12H15N3O3/c1-7-4-8(2-3-11(7)15(17)18)12(16)14-10-5-9(13)6-10/h2-4,9-10H,5-6,13H2,1H3,(H,14,16). The van der Waals surface area contributed by atoms with E-state index in [9.17, 15) is 14.9 Å². The zero-order valence-electron chi connectivity index (χ0n) is 10.1. The smallest absolute Gasteiger partial charge is 0.272 e. The summed E-state index contributed by atoms with van der Waals surface area (Å²) in [5, 5.41) is 13.5. The first-order valence-corrected chi connectivity index (χ1v) is 5.79. The molecule has 1 aliphatic carbocycles. The summed E-state index contributed by atoms with van der Waals surface area (Å²) in [7, 11) is 0. The van der Waals surface area contributed by atoms with Gasteiger partial charge in [-0.25, -0.2) is 0 Å². The van der Waals surface area contributed by atoms with Gasteiger partial charge in [0.2, 0.25) is 0 Å². The molecule has 1 aliphatic rings. The highest BCUT2D eigenvalue weighted by Crippen LogP contribution is 2.21. The van der Waals surface area contributed by atoms with Crippen molar-refractivity contribution in [3.8, 4) is 0 Å². The molecule has 6 nitrogen and oxygen atoms in total. The van der Waals surface area contributed by atoms with Crippen LogP contribution in [0.25, 0.3) is 0 Å². The Kier molecular flexibility index (Phi) is 3.29. The van der Waals surface area contributed by atoms with E-state index in [2.05, 4.69) is 5.32 Å². The molecule has 2 rings (SSSR count). The largest absolute Gasteiger partial charge is 0.349 e. The summed E-state index contributed by atoms with van der Waals surface area (Å²) in [5.74, 6) is -0.204. The topological polar surface area (TPSA) is 98.3 Å². The number of rotatable bonds is 3. The number of carbonyl (C=O) groups excluding carboxylic acids is 1. The number of aryl methyl sites for hydroxylation is 1. The van der Waals surface area contributed by atoms with E-state index in [0.29, 0.717) is 11.1 Å². The maximum absolute atomic E-state index is 11.9. The molecule has 96 valence electrons. The van der Waals surface area contributed by atoms with Crippen LogP contribution in [0.5, 0.6) is 0 Å². The van der Waals surface area contributed by atoms with E-state index in [1.807, 2.05) is 0 Å². The number of nitro benzene ring substituents is 1. The average molecular weight is 249 g/mol. The van der Waals surface area contributed by atoms with Crippen LogP contribution >= 0.6 is 0 Å². The molecule has 0 atom stereocenters. The Balaban J connectivity index is 2.07. The van der Waals surface area contributed by atoms with Crippen LogP contribution in [0, 0.1) is 17.0 Å². The second kappa shape index (κ2) is 4.73. The summed E-state index contributed by atoms with van der Waals surface area (Å²) in [6, 6.07) is 4.67. The third-order valence-corrected chi connectivity index (χ3v) is 3.17. The summed E-state index contributed by atoms with van der Waals surface area (Å²) in [4.78, 5) is 22.1. The van der Waals surface area contributed by atoms with Crippen molar-refractivity contribution >= 4 is 11.6 Å². The lowest BCUT2D eigenvalue weighted by Crippen LogP contribution is -2.50. The molecule has 3 N–H and O–H groups in total. The van der Waals surface area contributed by atoms with Crippen molar-refractivity contribution in [3.63, 3.8) is 0 Å². The Morgan fingerprint density at radius 2 is 2.17 bits per heavy atom. The molecule has 1 aromatic rings. The van der Waals surface area contributed by atoms with E-state index in [0.717, 1.165) is 12.8 Å². The number of hydrogen-bond acceptors (Lipinski definition) is 4. The van der Waals surface area contributed by atoms with E-state index >= 15 is 0 Å². The van der Waals surface area contributed by atoms with Crippen LogP contribution in [0.2, 0.25) is 0 Å². The van der Waals surface area contributed by atoms with Crippen molar-refractivity contribution in [2.45, 2.75) is 31.8 Å². The molecule has 1 saturated carbocycles. The number of benzene rings is 1. The zero-order valence-corrected chi connectivity index (χ0v) is 10.1. The lowest BCUT2D eigenvalue weighted by Gasteiger charge is -2.32. The number of amides is 1. The molecule has 0 aromatic heterocycles. The van der Waals surface area contributed by atoms with Gasteiger partial charge in [0.15, 0.2) is 0 Å². The fourth-order valence-corrected chi connectivity index (χ4v) is 2.05. The predicted molar refractivity (Wildman–Crippen MR) is 66.3 cm³/mol. The molecule has 0 unspecified atom stereocenters. The summed E-state index contributed by atoms with van der Waals surface area (Å²) in [6.07, 6.45) is 1.58. The number of nitrogens with zero attached hydrogens (tertiary/aromatic N) is 1. The van der Waals surface area contributed by atoms with Gasteiger partial charge >= 0.3 is 0 Å². The molecule has 1 amide bonds. The first kappa shape index (κ1) is 12.5. The second-order valence-electron chi connectivity index (χ2n) is 4.66. The molecule has 6 heteroatoms. The van der Waals surface area contributed by atoms with Crippen LogP contribution in [0.15, 0.2) is 18.2 Å². The van der Waals surface area contributed by atoms with E-state index in [1.165, 1.54) is 18.2 Å². The highest BCUT2D eigenvalue weighted by atomic mass is 16.6. The fraction of sp³-hybridized carbons (Fsp3) is 0.417. The first-order chi connectivity index (χ1) is 8.47. The highest BCUT2D eigenvalue weighted by molar-refractivity contribution is 5.95. The van der Waals surface area contributed by atoms with Crippen molar-refractivity contribution in [3.05, 3.63) is 39.4 Å². The monoisotopic (exact) mass is 249 g/mol. The van der Waals surface area contributed by atoms with Gasteiger partial charge in [-0.1, -0.05) is 0 Å². The molecule has 0 saturated heterocycles. The highest BCUT2D eigenvalue weighted by Gasteiger charge is 2.27. The van der Waals surface area contributed by atoms with E-state index in [4.69, 9.17) is 5.73 Å². The van der Waals surface area contributed by atoms with Crippen LogP contribution in [0.3, 0.4) is 0 Å².